The van der Waals surface area contributed by atoms with Gasteiger partial charge < -0.3 is 14.2 Å². The zero-order valence-corrected chi connectivity index (χ0v) is 8.76. The fourth-order valence-corrected chi connectivity index (χ4v) is 1.26. The molecule has 0 aromatic heterocycles. The van der Waals surface area contributed by atoms with E-state index in [2.05, 4.69) is 0 Å². The minimum absolute atomic E-state index is 0.273. The summed E-state index contributed by atoms with van der Waals surface area (Å²) in [4.78, 5) is 22.2. The maximum Gasteiger partial charge on any atom is 0.339 e. The summed E-state index contributed by atoms with van der Waals surface area (Å²) in [5, 5.41) is 0. The number of carbonyl (C=O) groups is 2. The van der Waals surface area contributed by atoms with Crippen LogP contribution in [0.5, 0.6) is 0 Å². The van der Waals surface area contributed by atoms with Crippen molar-refractivity contribution in [1.82, 2.24) is 0 Å². The summed E-state index contributed by atoms with van der Waals surface area (Å²) in [5.41, 5.74) is 0. The van der Waals surface area contributed by atoms with E-state index >= 15 is 0 Å². The van der Waals surface area contributed by atoms with Crippen LogP contribution >= 0.6 is 0 Å². The largest absolute Gasteiger partial charge is 0.464 e. The molecule has 1 heterocycles. The average molecular weight is 214 g/mol. The molecule has 5 nitrogen and oxygen atoms in total. The molecule has 1 aliphatic rings. The van der Waals surface area contributed by atoms with Gasteiger partial charge in [0.1, 0.15) is 0 Å². The van der Waals surface area contributed by atoms with Crippen LogP contribution in [0.15, 0.2) is 12.2 Å². The molecule has 0 bridgehead atoms. The van der Waals surface area contributed by atoms with Crippen molar-refractivity contribution in [3.05, 3.63) is 12.2 Å². The van der Waals surface area contributed by atoms with Crippen LogP contribution < -0.4 is 0 Å². The second kappa shape index (κ2) is 5.50. The molecular weight excluding hydrogens is 200 g/mol. The third kappa shape index (κ3) is 3.36. The molecule has 15 heavy (non-hydrogen) atoms. The molecule has 0 saturated heterocycles. The molecule has 2 atom stereocenters. The second-order valence-corrected chi connectivity index (χ2v) is 3.01. The van der Waals surface area contributed by atoms with Crippen molar-refractivity contribution in [1.29, 1.82) is 0 Å². The van der Waals surface area contributed by atoms with E-state index in [-0.39, 0.29) is 6.61 Å². The normalized spacial score (nSPS) is 24.7. The predicted octanol–water partition coefficient (Wildman–Crippen LogP) is 0.436. The Balaban J connectivity index is 2.63. The highest BCUT2D eigenvalue weighted by atomic mass is 16.6. The fraction of sp³-hybridized carbons (Fsp3) is 0.600. The van der Waals surface area contributed by atoms with Crippen LogP contribution in [-0.4, -0.2) is 37.4 Å². The van der Waals surface area contributed by atoms with Crippen LogP contribution in [0.25, 0.3) is 0 Å². The van der Waals surface area contributed by atoms with Gasteiger partial charge in [-0.25, -0.2) is 4.79 Å². The Bertz CT molecular complexity index is 271. The van der Waals surface area contributed by atoms with E-state index in [1.165, 1.54) is 6.92 Å². The SMILES string of the molecule is CCOC(=O)C1OCC=CC1OC(C)=O. The predicted molar refractivity (Wildman–Crippen MR) is 51.1 cm³/mol. The lowest BCUT2D eigenvalue weighted by Gasteiger charge is -2.25. The molecule has 0 aliphatic carbocycles. The minimum Gasteiger partial charge on any atom is -0.464 e. The minimum atomic E-state index is -0.848. The molecule has 0 saturated carbocycles. The maximum atomic E-state index is 11.4. The Morgan fingerprint density at radius 2 is 2.27 bits per heavy atom. The highest BCUT2D eigenvalue weighted by molar-refractivity contribution is 5.77. The van der Waals surface area contributed by atoms with E-state index < -0.39 is 24.1 Å². The molecule has 0 N–H and O–H groups in total. The standard InChI is InChI=1S/C10H14O5/c1-3-13-10(12)9-8(15-7(2)11)5-4-6-14-9/h4-5,8-9H,3,6H2,1-2H3. The number of hydrogen-bond donors (Lipinski definition) is 0. The van der Waals surface area contributed by atoms with E-state index in [1.54, 1.807) is 19.1 Å². The summed E-state index contributed by atoms with van der Waals surface area (Å²) < 4.78 is 14.9. The van der Waals surface area contributed by atoms with Crippen LogP contribution in [0.4, 0.5) is 0 Å². The second-order valence-electron chi connectivity index (χ2n) is 3.01. The van der Waals surface area contributed by atoms with Gasteiger partial charge in [-0.3, -0.25) is 4.79 Å². The third-order valence-corrected chi connectivity index (χ3v) is 1.82. The van der Waals surface area contributed by atoms with Crippen LogP contribution in [0.2, 0.25) is 0 Å². The Morgan fingerprint density at radius 3 is 2.87 bits per heavy atom. The molecule has 0 amide bonds. The third-order valence-electron chi connectivity index (χ3n) is 1.82. The summed E-state index contributed by atoms with van der Waals surface area (Å²) in [6.07, 6.45) is 1.80. The summed E-state index contributed by atoms with van der Waals surface area (Å²) in [7, 11) is 0. The van der Waals surface area contributed by atoms with Crippen molar-refractivity contribution in [3.63, 3.8) is 0 Å². The van der Waals surface area contributed by atoms with Gasteiger partial charge in [0.05, 0.1) is 13.2 Å². The Morgan fingerprint density at radius 1 is 1.53 bits per heavy atom. The summed E-state index contributed by atoms with van der Waals surface area (Å²) in [6, 6.07) is 0. The first-order chi connectivity index (χ1) is 7.15. The first kappa shape index (κ1) is 11.7. The Labute approximate surface area is 88.0 Å². The smallest absolute Gasteiger partial charge is 0.339 e. The summed E-state index contributed by atoms with van der Waals surface area (Å²) in [5.74, 6) is -0.961. The van der Waals surface area contributed by atoms with E-state index in [9.17, 15) is 9.59 Å². The quantitative estimate of drug-likeness (QED) is 0.503. The van der Waals surface area contributed by atoms with E-state index in [0.717, 1.165) is 0 Å². The van der Waals surface area contributed by atoms with Crippen molar-refractivity contribution >= 4 is 11.9 Å². The zero-order valence-electron chi connectivity index (χ0n) is 8.76. The van der Waals surface area contributed by atoms with Gasteiger partial charge in [0.25, 0.3) is 0 Å². The maximum absolute atomic E-state index is 11.4. The topological polar surface area (TPSA) is 61.8 Å². The monoisotopic (exact) mass is 214 g/mol. The molecule has 0 aromatic rings. The lowest BCUT2D eigenvalue weighted by molar-refractivity contribution is -0.169. The van der Waals surface area contributed by atoms with Crippen molar-refractivity contribution in [2.45, 2.75) is 26.1 Å². The Hall–Kier alpha value is -1.36. The van der Waals surface area contributed by atoms with Gasteiger partial charge in [-0.15, -0.1) is 0 Å². The Kier molecular flexibility index (Phi) is 4.30. The molecule has 0 fully saturated rings. The highest BCUT2D eigenvalue weighted by Crippen LogP contribution is 2.13. The molecular formula is C10H14O5. The molecule has 1 aliphatic heterocycles. The van der Waals surface area contributed by atoms with Crippen molar-refractivity contribution < 1.29 is 23.8 Å². The van der Waals surface area contributed by atoms with Gasteiger partial charge >= 0.3 is 11.9 Å². The van der Waals surface area contributed by atoms with Crippen LogP contribution in [0.3, 0.4) is 0 Å². The number of ether oxygens (including phenoxy) is 3. The molecule has 1 rings (SSSR count). The number of hydrogen-bond acceptors (Lipinski definition) is 5. The van der Waals surface area contributed by atoms with Crippen LogP contribution in [0, 0.1) is 0 Å². The van der Waals surface area contributed by atoms with Gasteiger partial charge in [0.2, 0.25) is 0 Å². The number of esters is 2. The lowest BCUT2D eigenvalue weighted by atomic mass is 10.1. The molecule has 2 unspecified atom stereocenters. The number of rotatable bonds is 3. The highest BCUT2D eigenvalue weighted by Gasteiger charge is 2.32. The van der Waals surface area contributed by atoms with E-state index in [1.807, 2.05) is 0 Å². The van der Waals surface area contributed by atoms with Crippen LogP contribution in [-0.2, 0) is 23.8 Å². The zero-order chi connectivity index (χ0) is 11.3. The average Bonchev–Trinajstić information content (AvgIpc) is 2.18. The fourth-order valence-electron chi connectivity index (χ4n) is 1.26. The molecule has 0 aromatic carbocycles. The number of carbonyl (C=O) groups excluding carboxylic acids is 2. The van der Waals surface area contributed by atoms with Gasteiger partial charge in [-0.1, -0.05) is 6.08 Å². The lowest BCUT2D eigenvalue weighted by Crippen LogP contribution is -2.41. The van der Waals surface area contributed by atoms with Gasteiger partial charge in [-0.05, 0) is 13.0 Å². The van der Waals surface area contributed by atoms with Crippen molar-refractivity contribution in [3.8, 4) is 0 Å². The first-order valence-corrected chi connectivity index (χ1v) is 4.77. The van der Waals surface area contributed by atoms with Gasteiger partial charge in [-0.2, -0.15) is 0 Å². The van der Waals surface area contributed by atoms with Crippen molar-refractivity contribution in [2.24, 2.45) is 0 Å². The van der Waals surface area contributed by atoms with Gasteiger partial charge in [0, 0.05) is 6.92 Å². The van der Waals surface area contributed by atoms with Crippen molar-refractivity contribution in [2.75, 3.05) is 13.2 Å². The molecule has 84 valence electrons. The summed E-state index contributed by atoms with van der Waals surface area (Å²) in [6.45, 7) is 3.58. The van der Waals surface area contributed by atoms with E-state index in [4.69, 9.17) is 14.2 Å². The van der Waals surface area contributed by atoms with E-state index in [0.29, 0.717) is 6.61 Å². The molecule has 0 radical (unpaired) electrons. The van der Waals surface area contributed by atoms with Crippen LogP contribution in [0.1, 0.15) is 13.8 Å². The molecule has 5 heteroatoms. The van der Waals surface area contributed by atoms with Gasteiger partial charge in [0.15, 0.2) is 12.2 Å². The first-order valence-electron chi connectivity index (χ1n) is 4.77. The summed E-state index contributed by atoms with van der Waals surface area (Å²) >= 11 is 0. The molecule has 0 spiro atoms.